The normalized spacial score (nSPS) is 11.4. The predicted octanol–water partition coefficient (Wildman–Crippen LogP) is 1.94. The van der Waals surface area contributed by atoms with Gasteiger partial charge in [-0.2, -0.15) is 0 Å². The third-order valence-corrected chi connectivity index (χ3v) is 3.56. The maximum Gasteiger partial charge on any atom is 0.0701 e. The zero-order valence-corrected chi connectivity index (χ0v) is 18.0. The predicted molar refractivity (Wildman–Crippen MR) is 107 cm³/mol. The van der Waals surface area contributed by atoms with E-state index in [1.807, 2.05) is 0 Å². The lowest BCUT2D eigenvalue weighted by Gasteiger charge is -2.08. The van der Waals surface area contributed by atoms with Crippen LogP contribution in [0.5, 0.6) is 0 Å². The van der Waals surface area contributed by atoms with Gasteiger partial charge in [-0.15, -0.1) is 0 Å². The first kappa shape index (κ1) is 27.7. The number of unbranched alkanes of at least 4 members (excludes halogenated alkanes) is 2. The Morgan fingerprint density at radius 2 is 0.643 bits per heavy atom. The molecule has 0 fully saturated rings. The highest BCUT2D eigenvalue weighted by atomic mass is 16.6. The van der Waals surface area contributed by atoms with E-state index in [-0.39, 0.29) is 0 Å². The molecule has 0 heterocycles. The molecule has 0 saturated carbocycles. The molecule has 0 aromatic heterocycles. The number of methoxy groups -OCH3 is 1. The summed E-state index contributed by atoms with van der Waals surface area (Å²) in [6, 6.07) is 0. The molecule has 0 atom stereocenters. The minimum Gasteiger partial charge on any atom is -0.382 e. The molecule has 0 rings (SSSR count). The smallest absolute Gasteiger partial charge is 0.0701 e. The maximum atomic E-state index is 5.46. The van der Waals surface area contributed by atoms with Gasteiger partial charge in [-0.3, -0.25) is 0 Å². The average molecular weight is 411 g/mol. The first-order valence-electron chi connectivity index (χ1n) is 10.4. The summed E-state index contributed by atoms with van der Waals surface area (Å²) in [5.74, 6) is 0. The molecule has 8 heteroatoms. The minimum atomic E-state index is 0.551. The van der Waals surface area contributed by atoms with Crippen LogP contribution in [0.1, 0.15) is 26.2 Å². The second-order valence-electron chi connectivity index (χ2n) is 5.99. The molecule has 0 aromatic carbocycles. The maximum absolute atomic E-state index is 5.46. The van der Waals surface area contributed by atoms with Crippen molar-refractivity contribution in [1.29, 1.82) is 0 Å². The van der Waals surface area contributed by atoms with Gasteiger partial charge < -0.3 is 37.9 Å². The van der Waals surface area contributed by atoms with Crippen molar-refractivity contribution in [2.75, 3.05) is 106 Å². The fraction of sp³-hybridized carbons (Fsp3) is 1.00. The van der Waals surface area contributed by atoms with Crippen LogP contribution in [0, 0.1) is 0 Å². The van der Waals surface area contributed by atoms with Crippen LogP contribution in [0.15, 0.2) is 0 Å². The zero-order valence-electron chi connectivity index (χ0n) is 18.0. The molecule has 0 spiro atoms. The topological polar surface area (TPSA) is 73.8 Å². The third kappa shape index (κ3) is 25.7. The molecule has 0 N–H and O–H groups in total. The molecule has 0 amide bonds. The van der Waals surface area contributed by atoms with Crippen molar-refractivity contribution in [3.8, 4) is 0 Å². The van der Waals surface area contributed by atoms with Crippen LogP contribution >= 0.6 is 0 Å². The van der Waals surface area contributed by atoms with Gasteiger partial charge in [0.1, 0.15) is 0 Å². The van der Waals surface area contributed by atoms with E-state index in [1.165, 1.54) is 12.8 Å². The summed E-state index contributed by atoms with van der Waals surface area (Å²) < 4.78 is 42.7. The van der Waals surface area contributed by atoms with Gasteiger partial charge in [0.05, 0.1) is 92.5 Å². The quantitative estimate of drug-likeness (QED) is 0.211. The van der Waals surface area contributed by atoms with Gasteiger partial charge in [0.25, 0.3) is 0 Å². The molecule has 0 unspecified atom stereocenters. The first-order chi connectivity index (χ1) is 13.9. The number of ether oxygens (including phenoxy) is 8. The second kappa shape index (κ2) is 26.7. The largest absolute Gasteiger partial charge is 0.382 e. The summed E-state index contributed by atoms with van der Waals surface area (Å²) in [4.78, 5) is 0. The van der Waals surface area contributed by atoms with Gasteiger partial charge in [-0.05, 0) is 6.42 Å². The van der Waals surface area contributed by atoms with E-state index in [4.69, 9.17) is 37.9 Å². The van der Waals surface area contributed by atoms with E-state index in [1.54, 1.807) is 7.11 Å². The van der Waals surface area contributed by atoms with E-state index >= 15 is 0 Å². The molecule has 8 nitrogen and oxygen atoms in total. The van der Waals surface area contributed by atoms with E-state index in [2.05, 4.69) is 6.92 Å². The van der Waals surface area contributed by atoms with Crippen LogP contribution in [0.2, 0.25) is 0 Å². The Kier molecular flexibility index (Phi) is 26.4. The highest BCUT2D eigenvalue weighted by Crippen LogP contribution is 1.93. The lowest BCUT2D eigenvalue weighted by atomic mass is 10.3. The van der Waals surface area contributed by atoms with Crippen molar-refractivity contribution in [2.24, 2.45) is 0 Å². The summed E-state index contributed by atoms with van der Waals surface area (Å²) in [5, 5.41) is 0. The summed E-state index contributed by atoms with van der Waals surface area (Å²) in [5.41, 5.74) is 0. The van der Waals surface area contributed by atoms with Crippen molar-refractivity contribution in [2.45, 2.75) is 26.2 Å². The number of hydrogen-bond donors (Lipinski definition) is 0. The Balaban J connectivity index is 2.96. The monoisotopic (exact) mass is 410 g/mol. The van der Waals surface area contributed by atoms with Crippen molar-refractivity contribution >= 4 is 0 Å². The highest BCUT2D eigenvalue weighted by Gasteiger charge is 1.94. The van der Waals surface area contributed by atoms with Crippen molar-refractivity contribution < 1.29 is 37.9 Å². The van der Waals surface area contributed by atoms with E-state index < -0.39 is 0 Å². The SMILES string of the molecule is CCCCCOCCOCCOCCOCCOCCOCCOCCOC. The Bertz CT molecular complexity index is 243. The van der Waals surface area contributed by atoms with E-state index in [0.29, 0.717) is 92.5 Å². The molecule has 0 saturated heterocycles. The van der Waals surface area contributed by atoms with Gasteiger partial charge in [-0.1, -0.05) is 19.8 Å². The first-order valence-corrected chi connectivity index (χ1v) is 10.4. The molecular formula is C20H42O8. The molecule has 0 radical (unpaired) electrons. The van der Waals surface area contributed by atoms with Gasteiger partial charge >= 0.3 is 0 Å². The summed E-state index contributed by atoms with van der Waals surface area (Å²) >= 11 is 0. The van der Waals surface area contributed by atoms with Gasteiger partial charge in [0, 0.05) is 13.7 Å². The zero-order chi connectivity index (χ0) is 20.4. The third-order valence-electron chi connectivity index (χ3n) is 3.56. The minimum absolute atomic E-state index is 0.551. The van der Waals surface area contributed by atoms with Crippen LogP contribution in [-0.2, 0) is 37.9 Å². The van der Waals surface area contributed by atoms with Crippen molar-refractivity contribution in [3.05, 3.63) is 0 Å². The Morgan fingerprint density at radius 3 is 0.929 bits per heavy atom. The van der Waals surface area contributed by atoms with Crippen LogP contribution in [-0.4, -0.2) is 106 Å². The second-order valence-corrected chi connectivity index (χ2v) is 5.99. The molecule has 0 aliphatic carbocycles. The molecule has 0 aromatic rings. The van der Waals surface area contributed by atoms with Crippen LogP contribution in [0.25, 0.3) is 0 Å². The lowest BCUT2D eigenvalue weighted by molar-refractivity contribution is -0.0221. The molecular weight excluding hydrogens is 368 g/mol. The average Bonchev–Trinajstić information content (AvgIpc) is 2.71. The van der Waals surface area contributed by atoms with Crippen LogP contribution in [0.4, 0.5) is 0 Å². The molecule has 170 valence electrons. The molecule has 0 aliphatic heterocycles. The fourth-order valence-corrected chi connectivity index (χ4v) is 2.02. The number of rotatable bonds is 25. The fourth-order valence-electron chi connectivity index (χ4n) is 2.02. The Morgan fingerprint density at radius 1 is 0.357 bits per heavy atom. The van der Waals surface area contributed by atoms with Crippen molar-refractivity contribution in [3.63, 3.8) is 0 Å². The number of hydrogen-bond acceptors (Lipinski definition) is 8. The standard InChI is InChI=1S/C20H42O8/c1-3-4-5-6-22-9-10-24-13-14-26-17-18-28-20-19-27-16-15-25-12-11-23-8-7-21-2/h3-20H2,1-2H3. The van der Waals surface area contributed by atoms with E-state index in [0.717, 1.165) is 13.0 Å². The summed E-state index contributed by atoms with van der Waals surface area (Å²) in [7, 11) is 1.65. The van der Waals surface area contributed by atoms with Crippen molar-refractivity contribution in [1.82, 2.24) is 0 Å². The van der Waals surface area contributed by atoms with Crippen LogP contribution < -0.4 is 0 Å². The van der Waals surface area contributed by atoms with E-state index in [9.17, 15) is 0 Å². The lowest BCUT2D eigenvalue weighted by Crippen LogP contribution is -2.14. The van der Waals surface area contributed by atoms with Gasteiger partial charge in [0.15, 0.2) is 0 Å². The summed E-state index contributed by atoms with van der Waals surface area (Å²) in [6.07, 6.45) is 3.57. The molecule has 28 heavy (non-hydrogen) atoms. The Labute approximate surface area is 171 Å². The van der Waals surface area contributed by atoms with Crippen LogP contribution in [0.3, 0.4) is 0 Å². The highest BCUT2D eigenvalue weighted by molar-refractivity contribution is 4.38. The van der Waals surface area contributed by atoms with Gasteiger partial charge in [-0.25, -0.2) is 0 Å². The molecule has 0 bridgehead atoms. The summed E-state index contributed by atoms with van der Waals surface area (Å²) in [6.45, 7) is 11.1. The Hall–Kier alpha value is -0.320. The molecule has 0 aliphatic rings. The van der Waals surface area contributed by atoms with Gasteiger partial charge in [0.2, 0.25) is 0 Å².